The molecule has 0 spiro atoms. The van der Waals surface area contributed by atoms with E-state index in [1.54, 1.807) is 0 Å². The average Bonchev–Trinajstić information content (AvgIpc) is 2.60. The molecular formula is C26H38O. The second-order valence-electron chi connectivity index (χ2n) is 10.6. The van der Waals surface area contributed by atoms with Gasteiger partial charge in [-0.1, -0.05) is 72.7 Å². The highest BCUT2D eigenvalue weighted by Crippen LogP contribution is 2.39. The summed E-state index contributed by atoms with van der Waals surface area (Å²) in [6.45, 7) is 16.4. The van der Waals surface area contributed by atoms with Crippen molar-refractivity contribution in [3.05, 3.63) is 42.0 Å². The molecular weight excluding hydrogens is 328 g/mol. The van der Waals surface area contributed by atoms with E-state index in [1.807, 2.05) is 0 Å². The summed E-state index contributed by atoms with van der Waals surface area (Å²) in [6.07, 6.45) is 5.31. The maximum atomic E-state index is 6.36. The second-order valence-corrected chi connectivity index (χ2v) is 10.6. The normalized spacial score (nSPS) is 21.6. The van der Waals surface area contributed by atoms with Crippen LogP contribution in [0.15, 0.2) is 36.4 Å². The number of rotatable bonds is 4. The predicted molar refractivity (Wildman–Crippen MR) is 118 cm³/mol. The van der Waals surface area contributed by atoms with E-state index in [9.17, 15) is 0 Å². The van der Waals surface area contributed by atoms with Gasteiger partial charge in [-0.3, -0.25) is 0 Å². The molecule has 0 aliphatic heterocycles. The summed E-state index contributed by atoms with van der Waals surface area (Å²) in [4.78, 5) is 0. The van der Waals surface area contributed by atoms with Crippen molar-refractivity contribution in [2.24, 2.45) is 17.3 Å². The van der Waals surface area contributed by atoms with Crippen molar-refractivity contribution in [3.8, 4) is 5.75 Å². The molecule has 0 saturated heterocycles. The molecule has 1 heteroatoms. The summed E-state index contributed by atoms with van der Waals surface area (Å²) in [5, 5.41) is 2.59. The van der Waals surface area contributed by atoms with Gasteiger partial charge >= 0.3 is 0 Å². The van der Waals surface area contributed by atoms with Gasteiger partial charge in [0, 0.05) is 0 Å². The third-order valence-corrected chi connectivity index (χ3v) is 7.20. The van der Waals surface area contributed by atoms with Crippen LogP contribution in [-0.4, -0.2) is 6.10 Å². The Morgan fingerprint density at radius 2 is 1.41 bits per heavy atom. The van der Waals surface area contributed by atoms with Crippen LogP contribution in [0.1, 0.15) is 79.7 Å². The van der Waals surface area contributed by atoms with E-state index in [0.29, 0.717) is 17.4 Å². The van der Waals surface area contributed by atoms with Gasteiger partial charge in [0.15, 0.2) is 0 Å². The largest absolute Gasteiger partial charge is 0.490 e. The molecule has 3 rings (SSSR count). The fraction of sp³-hybridized carbons (Fsp3) is 0.615. The van der Waals surface area contributed by atoms with Crippen molar-refractivity contribution in [1.82, 2.24) is 0 Å². The highest BCUT2D eigenvalue weighted by atomic mass is 16.5. The summed E-state index contributed by atoms with van der Waals surface area (Å²) in [6, 6.07) is 13.5. The molecule has 1 fully saturated rings. The molecule has 0 atom stereocenters. The molecule has 1 nitrogen and oxygen atoms in total. The summed E-state index contributed by atoms with van der Waals surface area (Å²) in [5.41, 5.74) is 2.03. The minimum absolute atomic E-state index is 0.190. The molecule has 27 heavy (non-hydrogen) atoms. The highest BCUT2D eigenvalue weighted by Gasteiger charge is 2.30. The minimum Gasteiger partial charge on any atom is -0.490 e. The Balaban J connectivity index is 1.71. The molecule has 0 bridgehead atoms. The zero-order valence-electron chi connectivity index (χ0n) is 18.4. The van der Waals surface area contributed by atoms with E-state index in [1.165, 1.54) is 42.0 Å². The van der Waals surface area contributed by atoms with Crippen molar-refractivity contribution in [2.75, 3.05) is 0 Å². The van der Waals surface area contributed by atoms with Crippen LogP contribution in [0.2, 0.25) is 0 Å². The lowest BCUT2D eigenvalue weighted by atomic mass is 9.72. The van der Waals surface area contributed by atoms with Crippen LogP contribution in [0.25, 0.3) is 10.8 Å². The highest BCUT2D eigenvalue weighted by molar-refractivity contribution is 5.84. The van der Waals surface area contributed by atoms with Gasteiger partial charge in [0.2, 0.25) is 0 Å². The maximum absolute atomic E-state index is 6.36. The van der Waals surface area contributed by atoms with E-state index in [2.05, 4.69) is 84.9 Å². The molecule has 0 heterocycles. The van der Waals surface area contributed by atoms with Crippen LogP contribution < -0.4 is 4.74 Å². The molecule has 0 amide bonds. The van der Waals surface area contributed by atoms with Gasteiger partial charge in [-0.2, -0.15) is 0 Å². The van der Waals surface area contributed by atoms with Crippen molar-refractivity contribution in [3.63, 3.8) is 0 Å². The first kappa shape index (κ1) is 20.2. The topological polar surface area (TPSA) is 9.23 Å². The SMILES string of the molecule is CC(C)C(C)(C)c1ccc2cc(OC3CCC(C(C)(C)C)CC3)ccc2c1. The number of hydrogen-bond acceptors (Lipinski definition) is 1. The molecule has 1 saturated carbocycles. The van der Waals surface area contributed by atoms with Gasteiger partial charge in [-0.05, 0) is 76.8 Å². The molecule has 2 aromatic carbocycles. The Morgan fingerprint density at radius 1 is 0.815 bits per heavy atom. The Morgan fingerprint density at radius 3 is 2.00 bits per heavy atom. The molecule has 1 aliphatic carbocycles. The maximum Gasteiger partial charge on any atom is 0.120 e. The lowest BCUT2D eigenvalue weighted by Crippen LogP contribution is -2.30. The number of fused-ring (bicyclic) bond motifs is 1. The van der Waals surface area contributed by atoms with E-state index >= 15 is 0 Å². The molecule has 0 unspecified atom stereocenters. The number of ether oxygens (including phenoxy) is 1. The average molecular weight is 367 g/mol. The zero-order valence-corrected chi connectivity index (χ0v) is 18.4. The van der Waals surface area contributed by atoms with Crippen molar-refractivity contribution in [2.45, 2.75) is 85.7 Å². The van der Waals surface area contributed by atoms with Gasteiger partial charge in [0.25, 0.3) is 0 Å². The van der Waals surface area contributed by atoms with Gasteiger partial charge in [-0.25, -0.2) is 0 Å². The van der Waals surface area contributed by atoms with Crippen molar-refractivity contribution >= 4 is 10.8 Å². The fourth-order valence-electron chi connectivity index (χ4n) is 4.27. The summed E-state index contributed by atoms with van der Waals surface area (Å²) in [7, 11) is 0. The summed E-state index contributed by atoms with van der Waals surface area (Å²) < 4.78 is 6.36. The second kappa shape index (κ2) is 7.49. The van der Waals surface area contributed by atoms with Crippen molar-refractivity contribution in [1.29, 1.82) is 0 Å². The molecule has 1 aliphatic rings. The Hall–Kier alpha value is -1.50. The van der Waals surface area contributed by atoms with Gasteiger partial charge in [-0.15, -0.1) is 0 Å². The third-order valence-electron chi connectivity index (χ3n) is 7.20. The fourth-order valence-corrected chi connectivity index (χ4v) is 4.27. The lowest BCUT2D eigenvalue weighted by molar-refractivity contribution is 0.0883. The van der Waals surface area contributed by atoms with Crippen LogP contribution in [0, 0.1) is 17.3 Å². The monoisotopic (exact) mass is 366 g/mol. The first-order valence-electron chi connectivity index (χ1n) is 10.8. The van der Waals surface area contributed by atoms with Crippen molar-refractivity contribution < 1.29 is 4.74 Å². The Bertz CT molecular complexity index is 770. The minimum atomic E-state index is 0.190. The number of hydrogen-bond donors (Lipinski definition) is 0. The van der Waals surface area contributed by atoms with E-state index in [0.717, 1.165) is 11.7 Å². The molecule has 148 valence electrons. The predicted octanol–water partition coefficient (Wildman–Crippen LogP) is 7.76. The lowest BCUT2D eigenvalue weighted by Gasteiger charge is -2.37. The molecule has 2 aromatic rings. The van der Waals surface area contributed by atoms with E-state index in [-0.39, 0.29) is 5.41 Å². The summed E-state index contributed by atoms with van der Waals surface area (Å²) >= 11 is 0. The van der Waals surface area contributed by atoms with E-state index in [4.69, 9.17) is 4.74 Å². The van der Waals surface area contributed by atoms with E-state index < -0.39 is 0 Å². The van der Waals surface area contributed by atoms with Gasteiger partial charge < -0.3 is 4.74 Å². The van der Waals surface area contributed by atoms with Crippen LogP contribution >= 0.6 is 0 Å². The molecule has 0 N–H and O–H groups in total. The zero-order chi connectivity index (χ0) is 19.8. The smallest absolute Gasteiger partial charge is 0.120 e. The van der Waals surface area contributed by atoms with Gasteiger partial charge in [0.1, 0.15) is 5.75 Å². The standard InChI is InChI=1S/C26H38O/c1-18(2)26(6,7)22-10-8-20-17-24(13-9-19(20)16-22)27-23-14-11-21(12-15-23)25(3,4)5/h8-10,13,16-18,21,23H,11-12,14-15H2,1-7H3. The van der Waals surface area contributed by atoms with Crippen LogP contribution in [0.5, 0.6) is 5.75 Å². The molecule has 0 radical (unpaired) electrons. The van der Waals surface area contributed by atoms with Crippen LogP contribution in [-0.2, 0) is 5.41 Å². The Labute approximate surface area is 166 Å². The summed E-state index contributed by atoms with van der Waals surface area (Å²) in [5.74, 6) is 2.47. The number of benzene rings is 2. The first-order chi connectivity index (χ1) is 12.6. The quantitative estimate of drug-likeness (QED) is 0.537. The first-order valence-corrected chi connectivity index (χ1v) is 10.8. The molecule has 0 aromatic heterocycles. The van der Waals surface area contributed by atoms with Gasteiger partial charge in [0.05, 0.1) is 6.10 Å². The third kappa shape index (κ3) is 4.50. The van der Waals surface area contributed by atoms with Crippen LogP contribution in [0.4, 0.5) is 0 Å². The Kier molecular flexibility index (Phi) is 5.62. The van der Waals surface area contributed by atoms with Crippen LogP contribution in [0.3, 0.4) is 0 Å².